The molecule has 21 heavy (non-hydrogen) atoms. The van der Waals surface area contributed by atoms with Crippen molar-refractivity contribution in [1.29, 1.82) is 0 Å². The molecule has 116 valence electrons. The molecular weight excluding hydrogens is 317 g/mol. The molecular formula is C14H17Cl2NO4. The lowest BCUT2D eigenvalue weighted by Crippen LogP contribution is -2.30. The predicted molar refractivity (Wildman–Crippen MR) is 81.0 cm³/mol. The van der Waals surface area contributed by atoms with Crippen molar-refractivity contribution in [2.75, 3.05) is 13.2 Å². The Bertz CT molecular complexity index is 508. The van der Waals surface area contributed by atoms with Crippen LogP contribution >= 0.6 is 23.2 Å². The highest BCUT2D eigenvalue weighted by Gasteiger charge is 2.09. The van der Waals surface area contributed by atoms with Crippen molar-refractivity contribution in [3.05, 3.63) is 28.2 Å². The van der Waals surface area contributed by atoms with Gasteiger partial charge in [-0.1, -0.05) is 30.1 Å². The normalized spacial score (nSPS) is 11.8. The fraction of sp³-hybridized carbons (Fsp3) is 0.429. The summed E-state index contributed by atoms with van der Waals surface area (Å²) < 4.78 is 5.39. The number of carboxylic acid groups (broad SMARTS) is 1. The number of carbonyl (C=O) groups is 2. The van der Waals surface area contributed by atoms with Crippen LogP contribution in [0.2, 0.25) is 10.0 Å². The van der Waals surface area contributed by atoms with Crippen LogP contribution in [0.1, 0.15) is 19.8 Å². The van der Waals surface area contributed by atoms with Gasteiger partial charge < -0.3 is 15.2 Å². The molecule has 0 heterocycles. The Labute approximate surface area is 133 Å². The van der Waals surface area contributed by atoms with Gasteiger partial charge in [0.15, 0.2) is 0 Å². The first kappa shape index (κ1) is 17.6. The number of carboxylic acids is 1. The number of hydrogen-bond acceptors (Lipinski definition) is 3. The van der Waals surface area contributed by atoms with E-state index >= 15 is 0 Å². The molecule has 0 fully saturated rings. The molecule has 1 rings (SSSR count). The van der Waals surface area contributed by atoms with E-state index in [1.807, 2.05) is 0 Å². The first-order chi connectivity index (χ1) is 9.88. The highest BCUT2D eigenvalue weighted by atomic mass is 35.5. The number of hydrogen-bond donors (Lipinski definition) is 2. The molecule has 1 amide bonds. The highest BCUT2D eigenvalue weighted by Crippen LogP contribution is 2.26. The zero-order valence-electron chi connectivity index (χ0n) is 11.6. The summed E-state index contributed by atoms with van der Waals surface area (Å²) in [6, 6.07) is 4.87. The lowest BCUT2D eigenvalue weighted by molar-refractivity contribution is -0.138. The number of amides is 1. The van der Waals surface area contributed by atoms with Crippen molar-refractivity contribution < 1.29 is 19.4 Å². The predicted octanol–water partition coefficient (Wildman–Crippen LogP) is 2.99. The summed E-state index contributed by atoms with van der Waals surface area (Å²) >= 11 is 11.6. The Morgan fingerprint density at radius 2 is 2.05 bits per heavy atom. The first-order valence-corrected chi connectivity index (χ1v) is 7.20. The average Bonchev–Trinajstić information content (AvgIpc) is 2.40. The van der Waals surface area contributed by atoms with E-state index < -0.39 is 5.97 Å². The smallest absolute Gasteiger partial charge is 0.303 e. The summed E-state index contributed by atoms with van der Waals surface area (Å²) in [5, 5.41) is 12.1. The Balaban J connectivity index is 2.24. The summed E-state index contributed by atoms with van der Waals surface area (Å²) in [5.41, 5.74) is 0. The Hall–Kier alpha value is -1.46. The second kappa shape index (κ2) is 8.74. The van der Waals surface area contributed by atoms with Gasteiger partial charge in [-0.2, -0.15) is 0 Å². The number of rotatable bonds is 8. The molecule has 0 aliphatic carbocycles. The molecule has 0 aliphatic rings. The number of halogens is 2. The molecule has 0 aliphatic heterocycles. The zero-order valence-corrected chi connectivity index (χ0v) is 13.1. The molecule has 0 bridgehead atoms. The first-order valence-electron chi connectivity index (χ1n) is 6.45. The van der Waals surface area contributed by atoms with Gasteiger partial charge in [-0.15, -0.1) is 0 Å². The SMILES string of the molecule is CC(CNC(=O)CCOc1ccc(Cl)c(Cl)c1)CC(=O)O. The average molecular weight is 334 g/mol. The maximum Gasteiger partial charge on any atom is 0.303 e. The van der Waals surface area contributed by atoms with Crippen molar-refractivity contribution in [2.24, 2.45) is 5.92 Å². The second-order valence-corrected chi connectivity index (χ2v) is 5.50. The Morgan fingerprint density at radius 3 is 2.67 bits per heavy atom. The van der Waals surface area contributed by atoms with Gasteiger partial charge in [-0.25, -0.2) is 0 Å². The third kappa shape index (κ3) is 7.20. The minimum atomic E-state index is -0.875. The topological polar surface area (TPSA) is 75.6 Å². The molecule has 2 N–H and O–H groups in total. The molecule has 1 aromatic carbocycles. The molecule has 0 radical (unpaired) electrons. The van der Waals surface area contributed by atoms with Crippen LogP contribution < -0.4 is 10.1 Å². The number of nitrogens with one attached hydrogen (secondary N) is 1. The summed E-state index contributed by atoms with van der Waals surface area (Å²) in [6.45, 7) is 2.30. The lowest BCUT2D eigenvalue weighted by atomic mass is 10.1. The van der Waals surface area contributed by atoms with E-state index in [0.717, 1.165) is 0 Å². The van der Waals surface area contributed by atoms with Gasteiger partial charge in [0.1, 0.15) is 5.75 Å². The van der Waals surface area contributed by atoms with Crippen LogP contribution in [0.15, 0.2) is 18.2 Å². The monoisotopic (exact) mass is 333 g/mol. The Kier molecular flexibility index (Phi) is 7.32. The van der Waals surface area contributed by atoms with Gasteiger partial charge in [0.25, 0.3) is 0 Å². The summed E-state index contributed by atoms with van der Waals surface area (Å²) in [6.07, 6.45) is 0.208. The fourth-order valence-corrected chi connectivity index (χ4v) is 1.86. The number of ether oxygens (including phenoxy) is 1. The van der Waals surface area contributed by atoms with Crippen LogP contribution in [-0.2, 0) is 9.59 Å². The maximum atomic E-state index is 11.6. The van der Waals surface area contributed by atoms with Gasteiger partial charge in [-0.3, -0.25) is 9.59 Å². The second-order valence-electron chi connectivity index (χ2n) is 4.68. The van der Waals surface area contributed by atoms with Gasteiger partial charge in [0.2, 0.25) is 5.91 Å². The lowest BCUT2D eigenvalue weighted by Gasteiger charge is -2.11. The Morgan fingerprint density at radius 1 is 1.33 bits per heavy atom. The molecule has 1 unspecified atom stereocenters. The molecule has 0 aromatic heterocycles. The van der Waals surface area contributed by atoms with Crippen LogP contribution in [-0.4, -0.2) is 30.1 Å². The number of aliphatic carboxylic acids is 1. The minimum absolute atomic E-state index is 0.0278. The maximum absolute atomic E-state index is 11.6. The summed E-state index contributed by atoms with van der Waals surface area (Å²) in [7, 11) is 0. The van der Waals surface area contributed by atoms with E-state index in [0.29, 0.717) is 22.3 Å². The molecule has 0 saturated heterocycles. The van der Waals surface area contributed by atoms with Gasteiger partial charge in [0.05, 0.1) is 23.1 Å². The van der Waals surface area contributed by atoms with E-state index in [1.54, 1.807) is 25.1 Å². The van der Waals surface area contributed by atoms with Gasteiger partial charge >= 0.3 is 5.97 Å². The third-order valence-corrected chi connectivity index (χ3v) is 3.40. The molecule has 5 nitrogen and oxygen atoms in total. The molecule has 0 spiro atoms. The third-order valence-electron chi connectivity index (χ3n) is 2.66. The molecule has 1 atom stereocenters. The van der Waals surface area contributed by atoms with Crippen LogP contribution in [0.5, 0.6) is 5.75 Å². The van der Waals surface area contributed by atoms with E-state index in [9.17, 15) is 9.59 Å². The van der Waals surface area contributed by atoms with Gasteiger partial charge in [0, 0.05) is 19.0 Å². The quantitative estimate of drug-likeness (QED) is 0.766. The van der Waals surface area contributed by atoms with Crippen LogP contribution in [0.25, 0.3) is 0 Å². The highest BCUT2D eigenvalue weighted by molar-refractivity contribution is 6.42. The van der Waals surface area contributed by atoms with Crippen molar-refractivity contribution in [1.82, 2.24) is 5.32 Å². The molecule has 1 aromatic rings. The summed E-state index contributed by atoms with van der Waals surface area (Å²) in [5.74, 6) is -0.633. The van der Waals surface area contributed by atoms with Crippen molar-refractivity contribution in [3.63, 3.8) is 0 Å². The number of benzene rings is 1. The van der Waals surface area contributed by atoms with Gasteiger partial charge in [-0.05, 0) is 18.1 Å². The van der Waals surface area contributed by atoms with Crippen LogP contribution in [0.3, 0.4) is 0 Å². The van der Waals surface area contributed by atoms with Crippen molar-refractivity contribution >= 4 is 35.1 Å². The number of carbonyl (C=O) groups excluding carboxylic acids is 1. The largest absolute Gasteiger partial charge is 0.493 e. The van der Waals surface area contributed by atoms with E-state index in [1.165, 1.54) is 0 Å². The fourth-order valence-electron chi connectivity index (χ4n) is 1.57. The summed E-state index contributed by atoms with van der Waals surface area (Å²) in [4.78, 5) is 22.0. The van der Waals surface area contributed by atoms with Crippen molar-refractivity contribution in [2.45, 2.75) is 19.8 Å². The van der Waals surface area contributed by atoms with E-state index in [4.69, 9.17) is 33.0 Å². The standard InChI is InChI=1S/C14H17Cl2NO4/c1-9(6-14(19)20)8-17-13(18)4-5-21-10-2-3-11(15)12(16)7-10/h2-3,7,9H,4-6,8H2,1H3,(H,17,18)(H,19,20). The zero-order chi connectivity index (χ0) is 15.8. The van der Waals surface area contributed by atoms with E-state index in [-0.39, 0.29) is 31.3 Å². The molecule has 7 heteroatoms. The minimum Gasteiger partial charge on any atom is -0.493 e. The van der Waals surface area contributed by atoms with Crippen LogP contribution in [0, 0.1) is 5.92 Å². The van der Waals surface area contributed by atoms with Crippen LogP contribution in [0.4, 0.5) is 0 Å². The van der Waals surface area contributed by atoms with Crippen molar-refractivity contribution in [3.8, 4) is 5.75 Å². The molecule has 0 saturated carbocycles. The van der Waals surface area contributed by atoms with E-state index in [2.05, 4.69) is 5.32 Å².